The van der Waals surface area contributed by atoms with Gasteiger partial charge in [0.05, 0.1) is 11.0 Å². The first-order chi connectivity index (χ1) is 14.1. The van der Waals surface area contributed by atoms with Gasteiger partial charge in [0.1, 0.15) is 11.2 Å². The molecule has 0 fully saturated rings. The summed E-state index contributed by atoms with van der Waals surface area (Å²) < 4.78 is 2.16. The highest BCUT2D eigenvalue weighted by Crippen LogP contribution is 2.34. The second kappa shape index (κ2) is 6.63. The number of nitrogens with zero attached hydrogens (tertiary/aromatic N) is 3. The first-order valence-corrected chi connectivity index (χ1v) is 9.40. The molecule has 5 rings (SSSR count). The number of H-pyrrole nitrogens is 1. The molecule has 2 aromatic heterocycles. The predicted molar refractivity (Wildman–Crippen MR) is 109 cm³/mol. The van der Waals surface area contributed by atoms with Gasteiger partial charge in [-0.15, -0.1) is 0 Å². The Morgan fingerprint density at radius 3 is 2.66 bits per heavy atom. The normalized spacial score (nSPS) is 16.0. The number of nitro groups is 1. The SMILES string of the molecule is O=C(c1cc2cccc([N+](=O)[O-])c2[nH]1)N1CCn2cccc2C1c1ccccc1. The minimum atomic E-state index is -0.437. The van der Waals surface area contributed by atoms with Crippen molar-refractivity contribution in [2.45, 2.75) is 12.6 Å². The summed E-state index contributed by atoms with van der Waals surface area (Å²) >= 11 is 0. The minimum Gasteiger partial charge on any atom is -0.348 e. The molecule has 7 nitrogen and oxygen atoms in total. The number of benzene rings is 2. The van der Waals surface area contributed by atoms with Crippen molar-refractivity contribution in [3.05, 3.63) is 100.0 Å². The third kappa shape index (κ3) is 2.79. The molecule has 1 aliphatic heterocycles. The molecule has 1 atom stereocenters. The van der Waals surface area contributed by atoms with Crippen LogP contribution in [0.25, 0.3) is 10.9 Å². The maximum atomic E-state index is 13.5. The molecule has 1 unspecified atom stereocenters. The van der Waals surface area contributed by atoms with Crippen LogP contribution in [0.15, 0.2) is 72.9 Å². The zero-order valence-corrected chi connectivity index (χ0v) is 15.5. The van der Waals surface area contributed by atoms with E-state index in [-0.39, 0.29) is 17.6 Å². The van der Waals surface area contributed by atoms with Gasteiger partial charge in [0.25, 0.3) is 11.6 Å². The van der Waals surface area contributed by atoms with E-state index in [1.165, 1.54) is 6.07 Å². The molecule has 3 heterocycles. The summed E-state index contributed by atoms with van der Waals surface area (Å²) in [6.07, 6.45) is 2.03. The van der Waals surface area contributed by atoms with Crippen LogP contribution in [-0.2, 0) is 6.54 Å². The van der Waals surface area contributed by atoms with Crippen molar-refractivity contribution in [2.24, 2.45) is 0 Å². The van der Waals surface area contributed by atoms with E-state index in [2.05, 4.69) is 9.55 Å². The molecule has 2 aromatic carbocycles. The van der Waals surface area contributed by atoms with Crippen LogP contribution < -0.4 is 0 Å². The molecule has 7 heteroatoms. The standard InChI is InChI=1S/C22H18N4O3/c27-22(17-14-16-8-4-9-18(26(28)29)20(16)23-17)25-13-12-24-11-5-10-19(24)21(25)15-6-2-1-3-7-15/h1-11,14,21,23H,12-13H2. The summed E-state index contributed by atoms with van der Waals surface area (Å²) in [6.45, 7) is 1.26. The Hall–Kier alpha value is -3.87. The second-order valence-corrected chi connectivity index (χ2v) is 7.12. The Kier molecular flexibility index (Phi) is 3.94. The summed E-state index contributed by atoms with van der Waals surface area (Å²) in [4.78, 5) is 29.2. The quantitative estimate of drug-likeness (QED) is 0.425. The van der Waals surface area contributed by atoms with E-state index in [9.17, 15) is 14.9 Å². The van der Waals surface area contributed by atoms with Gasteiger partial charge in [-0.2, -0.15) is 0 Å². The van der Waals surface area contributed by atoms with Gasteiger partial charge in [-0.1, -0.05) is 42.5 Å². The van der Waals surface area contributed by atoms with Crippen molar-refractivity contribution in [3.8, 4) is 0 Å². The Morgan fingerprint density at radius 1 is 1.03 bits per heavy atom. The lowest BCUT2D eigenvalue weighted by Crippen LogP contribution is -2.42. The number of para-hydroxylation sites is 1. The molecule has 1 aliphatic rings. The topological polar surface area (TPSA) is 84.2 Å². The van der Waals surface area contributed by atoms with Crippen molar-refractivity contribution >= 4 is 22.5 Å². The maximum absolute atomic E-state index is 13.5. The van der Waals surface area contributed by atoms with Gasteiger partial charge < -0.3 is 14.5 Å². The van der Waals surface area contributed by atoms with Crippen LogP contribution in [-0.4, -0.2) is 31.8 Å². The molecular weight excluding hydrogens is 368 g/mol. The minimum absolute atomic E-state index is 0.0336. The highest BCUT2D eigenvalue weighted by Gasteiger charge is 2.33. The van der Waals surface area contributed by atoms with Crippen LogP contribution in [0.2, 0.25) is 0 Å². The van der Waals surface area contributed by atoms with Crippen LogP contribution >= 0.6 is 0 Å². The van der Waals surface area contributed by atoms with Crippen molar-refractivity contribution in [3.63, 3.8) is 0 Å². The number of aromatic nitrogens is 2. The molecule has 144 valence electrons. The molecule has 0 aliphatic carbocycles. The number of nitrogens with one attached hydrogen (secondary N) is 1. The van der Waals surface area contributed by atoms with Crippen molar-refractivity contribution in [1.29, 1.82) is 0 Å². The zero-order valence-electron chi connectivity index (χ0n) is 15.5. The number of fused-ring (bicyclic) bond motifs is 2. The molecule has 0 spiro atoms. The van der Waals surface area contributed by atoms with E-state index >= 15 is 0 Å². The smallest absolute Gasteiger partial charge is 0.293 e. The lowest BCUT2D eigenvalue weighted by atomic mass is 9.99. The fourth-order valence-electron chi connectivity index (χ4n) is 4.15. The number of aromatic amines is 1. The van der Waals surface area contributed by atoms with Gasteiger partial charge >= 0.3 is 0 Å². The van der Waals surface area contributed by atoms with Gasteiger partial charge in [0, 0.05) is 36.4 Å². The highest BCUT2D eigenvalue weighted by molar-refractivity contribution is 6.00. The first-order valence-electron chi connectivity index (χ1n) is 9.40. The molecule has 0 radical (unpaired) electrons. The molecule has 1 N–H and O–H groups in total. The molecule has 1 amide bonds. The van der Waals surface area contributed by atoms with Gasteiger partial charge in [-0.3, -0.25) is 14.9 Å². The van der Waals surface area contributed by atoms with E-state index in [0.717, 1.165) is 11.3 Å². The van der Waals surface area contributed by atoms with Gasteiger partial charge in [-0.25, -0.2) is 0 Å². The lowest BCUT2D eigenvalue weighted by molar-refractivity contribution is -0.383. The van der Waals surface area contributed by atoms with Crippen LogP contribution in [0.3, 0.4) is 0 Å². The number of carbonyl (C=O) groups excluding carboxylic acids is 1. The Bertz CT molecular complexity index is 1230. The number of hydrogen-bond donors (Lipinski definition) is 1. The fourth-order valence-corrected chi connectivity index (χ4v) is 4.15. The summed E-state index contributed by atoms with van der Waals surface area (Å²) in [5.74, 6) is -0.170. The van der Waals surface area contributed by atoms with Crippen molar-refractivity contribution in [2.75, 3.05) is 6.54 Å². The van der Waals surface area contributed by atoms with E-state index in [4.69, 9.17) is 0 Å². The molecule has 0 saturated carbocycles. The zero-order chi connectivity index (χ0) is 20.0. The predicted octanol–water partition coefficient (Wildman–Crippen LogP) is 4.12. The average Bonchev–Trinajstić information content (AvgIpc) is 3.39. The van der Waals surface area contributed by atoms with E-state index in [1.807, 2.05) is 53.6 Å². The first kappa shape index (κ1) is 17.2. The highest BCUT2D eigenvalue weighted by atomic mass is 16.6. The third-order valence-electron chi connectivity index (χ3n) is 5.48. The second-order valence-electron chi connectivity index (χ2n) is 7.12. The molecule has 0 bridgehead atoms. The van der Waals surface area contributed by atoms with Crippen molar-refractivity contribution < 1.29 is 9.72 Å². The number of non-ortho nitro benzene ring substituents is 1. The summed E-state index contributed by atoms with van der Waals surface area (Å²) in [7, 11) is 0. The number of hydrogen-bond acceptors (Lipinski definition) is 3. The Balaban J connectivity index is 1.59. The summed E-state index contributed by atoms with van der Waals surface area (Å²) in [5.41, 5.74) is 2.78. The fraction of sp³-hybridized carbons (Fsp3) is 0.136. The lowest BCUT2D eigenvalue weighted by Gasteiger charge is -2.37. The van der Waals surface area contributed by atoms with Crippen LogP contribution in [0.4, 0.5) is 5.69 Å². The van der Waals surface area contributed by atoms with Gasteiger partial charge in [-0.05, 0) is 23.8 Å². The summed E-state index contributed by atoms with van der Waals surface area (Å²) in [6, 6.07) is 20.3. The number of rotatable bonds is 3. The number of carbonyl (C=O) groups is 1. The largest absolute Gasteiger partial charge is 0.348 e. The van der Waals surface area contributed by atoms with E-state index < -0.39 is 4.92 Å². The van der Waals surface area contributed by atoms with E-state index in [1.54, 1.807) is 18.2 Å². The average molecular weight is 386 g/mol. The number of amides is 1. The van der Waals surface area contributed by atoms with Gasteiger partial charge in [0.15, 0.2) is 0 Å². The monoisotopic (exact) mass is 386 g/mol. The van der Waals surface area contributed by atoms with Gasteiger partial charge in [0.2, 0.25) is 0 Å². The Morgan fingerprint density at radius 2 is 1.86 bits per heavy atom. The van der Waals surface area contributed by atoms with E-state index in [0.29, 0.717) is 29.7 Å². The van der Waals surface area contributed by atoms with Crippen molar-refractivity contribution in [1.82, 2.24) is 14.5 Å². The Labute approximate surface area is 166 Å². The molecule has 29 heavy (non-hydrogen) atoms. The molecule has 4 aromatic rings. The molecular formula is C22H18N4O3. The third-order valence-corrected chi connectivity index (χ3v) is 5.48. The van der Waals surface area contributed by atoms with Crippen LogP contribution in [0, 0.1) is 10.1 Å². The van der Waals surface area contributed by atoms with Crippen LogP contribution in [0.5, 0.6) is 0 Å². The maximum Gasteiger partial charge on any atom is 0.293 e. The summed E-state index contributed by atoms with van der Waals surface area (Å²) in [5, 5.41) is 12.0. The van der Waals surface area contributed by atoms with Crippen LogP contribution in [0.1, 0.15) is 27.8 Å². The number of nitro benzene ring substituents is 1. The molecule has 0 saturated heterocycles.